The molecule has 2 aromatic carbocycles. The number of carbonyl (C=O) groups excluding carboxylic acids is 2. The molecule has 0 unspecified atom stereocenters. The van der Waals surface area contributed by atoms with Crippen LogP contribution in [0.4, 0.5) is 0 Å². The number of hydrogen-bond donors (Lipinski definition) is 0. The van der Waals surface area contributed by atoms with E-state index in [0.717, 1.165) is 0 Å². The van der Waals surface area contributed by atoms with Crippen molar-refractivity contribution in [2.75, 3.05) is 20.3 Å². The van der Waals surface area contributed by atoms with Crippen molar-refractivity contribution < 1.29 is 42.1 Å². The van der Waals surface area contributed by atoms with Gasteiger partial charge >= 0.3 is 36.0 Å². The molecule has 0 saturated heterocycles. The third-order valence-corrected chi connectivity index (χ3v) is 2.73. The van der Waals surface area contributed by atoms with Gasteiger partial charge in [-0.15, -0.1) is 12.1 Å². The number of methoxy groups -OCH3 is 1. The summed E-state index contributed by atoms with van der Waals surface area (Å²) < 4.78 is 5.04. The maximum atomic E-state index is 9.96. The van der Waals surface area contributed by atoms with Crippen LogP contribution in [0.2, 0.25) is 0 Å². The first-order chi connectivity index (χ1) is 13.4. The van der Waals surface area contributed by atoms with Gasteiger partial charge in [-0.25, -0.2) is 0 Å². The van der Waals surface area contributed by atoms with Crippen LogP contribution in [0.1, 0.15) is 25.0 Å². The van der Waals surface area contributed by atoms with Crippen LogP contribution in [0.15, 0.2) is 54.6 Å². The molecule has 0 aromatic heterocycles. The van der Waals surface area contributed by atoms with Crippen LogP contribution < -0.4 is 4.74 Å². The Morgan fingerprint density at radius 1 is 0.893 bits per heavy atom. The molecule has 0 aliphatic heterocycles. The van der Waals surface area contributed by atoms with Crippen LogP contribution in [0.3, 0.4) is 0 Å². The molecule has 155 valence electrons. The van der Waals surface area contributed by atoms with E-state index in [1.807, 2.05) is 18.2 Å². The Hall–Kier alpha value is -1.31. The molecule has 0 amide bonds. The molecule has 0 bridgehead atoms. The van der Waals surface area contributed by atoms with Gasteiger partial charge in [0.05, 0.1) is 7.11 Å². The first-order valence-electron chi connectivity index (χ1n) is 8.33. The topological polar surface area (TPSA) is 97.8 Å². The number of rotatable bonds is 5. The predicted molar refractivity (Wildman–Crippen MR) is 116 cm³/mol. The molecule has 0 fully saturated rings. The molecule has 2 rings (SSSR count). The second-order valence-corrected chi connectivity index (χ2v) is 8.12. The van der Waals surface area contributed by atoms with Gasteiger partial charge in [-0.05, 0) is 23.3 Å². The van der Waals surface area contributed by atoms with Gasteiger partial charge < -0.3 is 24.5 Å². The average molecular weight is 513 g/mol. The fourth-order valence-corrected chi connectivity index (χ4v) is 1.67. The zero-order chi connectivity index (χ0) is 21.8. The number of ether oxygens (including phenoxy) is 1. The molecule has 28 heavy (non-hydrogen) atoms. The summed E-state index contributed by atoms with van der Waals surface area (Å²) in [4.78, 5) is 19.9. The fourth-order valence-electron chi connectivity index (χ4n) is 1.67. The second kappa shape index (κ2) is 20.4. The number of hydrogen-bond acceptors (Lipinski definition) is 1. The standard InChI is InChI=1S/C16H13O3.2C2H6O.2ClH.Nb/c1-19-14-9-7-13(8-10-14)16(18)11-15(17)12-5-3-2-4-6-12;2*1-2-3;;;/h2-11H,1H3;2*3H,2H2,1H3;2*1H;/q-1;;;;;+2/p+2. The quantitative estimate of drug-likeness (QED) is 0.198. The summed E-state index contributed by atoms with van der Waals surface area (Å²) in [5, 5.41) is 12.4. The Morgan fingerprint density at radius 2 is 1.25 bits per heavy atom. The van der Waals surface area contributed by atoms with Gasteiger partial charge in [0.15, 0.2) is 0 Å². The second-order valence-electron chi connectivity index (χ2n) is 4.78. The van der Waals surface area contributed by atoms with E-state index in [-0.39, 0.29) is 11.6 Å². The third-order valence-electron chi connectivity index (χ3n) is 2.73. The molecule has 0 heterocycles. The van der Waals surface area contributed by atoms with Gasteiger partial charge in [-0.1, -0.05) is 30.3 Å². The number of benzene rings is 2. The molecule has 5 nitrogen and oxygen atoms in total. The molecule has 0 atom stereocenters. The van der Waals surface area contributed by atoms with E-state index in [4.69, 9.17) is 33.3 Å². The molecular formula is C20H29Cl2NbO5+3. The molecule has 0 aliphatic rings. The van der Waals surface area contributed by atoms with Crippen LogP contribution in [-0.2, 0) is 17.6 Å². The van der Waals surface area contributed by atoms with E-state index in [9.17, 15) is 9.59 Å². The first-order valence-corrected chi connectivity index (χ1v) is 14.0. The average Bonchev–Trinajstić information content (AvgIpc) is 2.70. The number of ketones is 2. The molecular weight excluding hydrogens is 484 g/mol. The van der Waals surface area contributed by atoms with E-state index in [0.29, 0.717) is 30.1 Å². The normalized spacial score (nSPS) is 8.39. The Morgan fingerprint density at radius 3 is 1.61 bits per heavy atom. The van der Waals surface area contributed by atoms with Gasteiger partial charge in [0.2, 0.25) is 0 Å². The van der Waals surface area contributed by atoms with Gasteiger partial charge in [-0.2, -0.15) is 0 Å². The molecule has 0 radical (unpaired) electrons. The van der Waals surface area contributed by atoms with Crippen molar-refractivity contribution in [3.63, 3.8) is 0 Å². The summed E-state index contributed by atoms with van der Waals surface area (Å²) in [7, 11) is 11.4. The van der Waals surface area contributed by atoms with E-state index >= 15 is 0 Å². The van der Waals surface area contributed by atoms with E-state index < -0.39 is 17.6 Å². The van der Waals surface area contributed by atoms with Crippen LogP contribution in [0.25, 0.3) is 0 Å². The summed E-state index contributed by atoms with van der Waals surface area (Å²) in [6.45, 7) is 4.58. The molecule has 6 N–H and O–H groups in total. The van der Waals surface area contributed by atoms with Crippen LogP contribution in [-0.4, -0.2) is 51.7 Å². The Bertz CT molecular complexity index is 632. The SMILES string of the molecule is CC[OH2+].CC[OH2+].COc1ccc(C(=[OH+])[CH-]C(=[OH+])c2ccccc2)cc1.[Cl][Nb][Cl]. The Labute approximate surface area is 183 Å². The van der Waals surface area contributed by atoms with Crippen LogP contribution in [0, 0.1) is 6.42 Å². The van der Waals surface area contributed by atoms with Crippen molar-refractivity contribution >= 4 is 29.9 Å². The van der Waals surface area contributed by atoms with E-state index in [2.05, 4.69) is 0 Å². The summed E-state index contributed by atoms with van der Waals surface area (Å²) >= 11 is -0.706. The Balaban J connectivity index is 0. The van der Waals surface area contributed by atoms with E-state index in [1.54, 1.807) is 57.4 Å². The molecule has 0 saturated carbocycles. The van der Waals surface area contributed by atoms with Crippen molar-refractivity contribution in [3.05, 3.63) is 72.1 Å². The van der Waals surface area contributed by atoms with Crippen molar-refractivity contribution in [1.82, 2.24) is 0 Å². The monoisotopic (exact) mass is 512 g/mol. The van der Waals surface area contributed by atoms with Gasteiger partial charge in [-0.3, -0.25) is 0 Å². The zero-order valence-electron chi connectivity index (χ0n) is 16.2. The Kier molecular flexibility index (Phi) is 21.1. The van der Waals surface area contributed by atoms with Crippen molar-refractivity contribution in [1.29, 1.82) is 0 Å². The van der Waals surface area contributed by atoms with Crippen molar-refractivity contribution in [3.8, 4) is 5.75 Å². The third kappa shape index (κ3) is 14.7. The minimum absolute atomic E-state index is 0.00371. The molecule has 8 heteroatoms. The van der Waals surface area contributed by atoms with E-state index in [1.165, 1.54) is 6.42 Å². The summed E-state index contributed by atoms with van der Waals surface area (Å²) in [6, 6.07) is 16.0. The maximum absolute atomic E-state index is 9.96. The summed E-state index contributed by atoms with van der Waals surface area (Å²) in [5.41, 5.74) is 1.27. The molecule has 0 spiro atoms. The van der Waals surface area contributed by atoms with Gasteiger partial charge in [0.1, 0.15) is 19.0 Å². The molecule has 0 aliphatic carbocycles. The fraction of sp³-hybridized carbons (Fsp3) is 0.250. The van der Waals surface area contributed by atoms with Crippen molar-refractivity contribution in [2.24, 2.45) is 0 Å². The van der Waals surface area contributed by atoms with Crippen LogP contribution in [0.5, 0.6) is 5.75 Å². The molecule has 2 aromatic rings. The van der Waals surface area contributed by atoms with Crippen molar-refractivity contribution in [2.45, 2.75) is 13.8 Å². The van der Waals surface area contributed by atoms with Crippen LogP contribution >= 0.6 is 18.4 Å². The van der Waals surface area contributed by atoms with Gasteiger partial charge in [0, 0.05) is 20.3 Å². The zero-order valence-corrected chi connectivity index (χ0v) is 19.9. The number of halogens is 2. The summed E-state index contributed by atoms with van der Waals surface area (Å²) in [6.07, 6.45) is 1.33. The van der Waals surface area contributed by atoms with Gasteiger partial charge in [0.25, 0.3) is 11.6 Å². The minimum atomic E-state index is -0.706. The summed E-state index contributed by atoms with van der Waals surface area (Å²) in [5.74, 6) is 0.741. The first kappa shape index (κ1) is 28.9. The predicted octanol–water partition coefficient (Wildman–Crippen LogP) is 3.22.